The van der Waals surface area contributed by atoms with Crippen molar-refractivity contribution in [3.8, 4) is 11.5 Å². The Morgan fingerprint density at radius 1 is 0.967 bits per heavy atom. The van der Waals surface area contributed by atoms with Crippen LogP contribution in [0.1, 0.15) is 18.4 Å². The standard InChI is InChI=1S/C25H25ClN2O2/c26-21-8-6-7-19(17-21)18-28-15-13-20(14-16-28)25(29)27-23-11-4-5-12-24(23)30-22-9-2-1-3-10-22/h1-12,17,20H,13-16,18H2,(H,27,29). The van der Waals surface area contributed by atoms with Crippen LogP contribution < -0.4 is 10.1 Å². The minimum Gasteiger partial charge on any atom is -0.455 e. The Morgan fingerprint density at radius 3 is 2.47 bits per heavy atom. The number of ether oxygens (including phenoxy) is 1. The van der Waals surface area contributed by atoms with Gasteiger partial charge in [-0.3, -0.25) is 9.69 Å². The van der Waals surface area contributed by atoms with E-state index in [2.05, 4.69) is 16.3 Å². The molecule has 0 saturated carbocycles. The molecule has 0 bridgehead atoms. The van der Waals surface area contributed by atoms with Crippen molar-refractivity contribution in [1.82, 2.24) is 4.90 Å². The lowest BCUT2D eigenvalue weighted by atomic mass is 9.95. The first-order chi connectivity index (χ1) is 14.7. The molecule has 1 amide bonds. The smallest absolute Gasteiger partial charge is 0.227 e. The number of carbonyl (C=O) groups is 1. The molecule has 3 aromatic rings. The van der Waals surface area contributed by atoms with Crippen molar-refractivity contribution in [2.75, 3.05) is 18.4 Å². The number of amides is 1. The molecule has 5 heteroatoms. The fourth-order valence-corrected chi connectivity index (χ4v) is 3.97. The number of piperidine rings is 1. The average molecular weight is 421 g/mol. The zero-order chi connectivity index (χ0) is 20.8. The summed E-state index contributed by atoms with van der Waals surface area (Å²) in [6.07, 6.45) is 1.68. The van der Waals surface area contributed by atoms with Gasteiger partial charge in [0.25, 0.3) is 0 Å². The molecule has 1 saturated heterocycles. The molecular formula is C25H25ClN2O2. The predicted molar refractivity (Wildman–Crippen MR) is 121 cm³/mol. The van der Waals surface area contributed by atoms with Gasteiger partial charge in [-0.1, -0.05) is 54.1 Å². The van der Waals surface area contributed by atoms with Crippen LogP contribution in [0.2, 0.25) is 5.02 Å². The highest BCUT2D eigenvalue weighted by Crippen LogP contribution is 2.30. The molecule has 0 radical (unpaired) electrons. The van der Waals surface area contributed by atoms with E-state index in [9.17, 15) is 4.79 Å². The van der Waals surface area contributed by atoms with Gasteiger partial charge in [0.2, 0.25) is 5.91 Å². The summed E-state index contributed by atoms with van der Waals surface area (Å²) in [7, 11) is 0. The Morgan fingerprint density at radius 2 is 1.70 bits per heavy atom. The second-order valence-electron chi connectivity index (χ2n) is 7.58. The zero-order valence-electron chi connectivity index (χ0n) is 16.8. The van der Waals surface area contributed by atoms with E-state index in [1.54, 1.807) is 0 Å². The number of likely N-dealkylation sites (tertiary alicyclic amines) is 1. The molecule has 1 aliphatic heterocycles. The van der Waals surface area contributed by atoms with Gasteiger partial charge in [0.1, 0.15) is 5.75 Å². The van der Waals surface area contributed by atoms with Crippen LogP contribution in [-0.4, -0.2) is 23.9 Å². The highest BCUT2D eigenvalue weighted by molar-refractivity contribution is 6.30. The third-order valence-electron chi connectivity index (χ3n) is 5.37. The third-order valence-corrected chi connectivity index (χ3v) is 5.60. The molecule has 0 spiro atoms. The average Bonchev–Trinajstić information content (AvgIpc) is 2.76. The van der Waals surface area contributed by atoms with Gasteiger partial charge in [-0.25, -0.2) is 0 Å². The van der Waals surface area contributed by atoms with Crippen molar-refractivity contribution in [3.63, 3.8) is 0 Å². The zero-order valence-corrected chi connectivity index (χ0v) is 17.5. The van der Waals surface area contributed by atoms with Crippen LogP contribution in [-0.2, 0) is 11.3 Å². The van der Waals surface area contributed by atoms with Gasteiger partial charge in [-0.2, -0.15) is 0 Å². The molecule has 0 aromatic heterocycles. The normalized spacial score (nSPS) is 15.0. The first kappa shape index (κ1) is 20.5. The number of nitrogens with one attached hydrogen (secondary N) is 1. The highest BCUT2D eigenvalue weighted by atomic mass is 35.5. The number of anilines is 1. The van der Waals surface area contributed by atoms with Gasteiger partial charge in [-0.05, 0) is 67.9 Å². The maximum Gasteiger partial charge on any atom is 0.227 e. The number of hydrogen-bond donors (Lipinski definition) is 1. The van der Waals surface area contributed by atoms with E-state index in [4.69, 9.17) is 16.3 Å². The van der Waals surface area contributed by atoms with E-state index in [-0.39, 0.29) is 11.8 Å². The molecule has 154 valence electrons. The van der Waals surface area contributed by atoms with E-state index in [1.807, 2.05) is 72.8 Å². The molecule has 1 fully saturated rings. The van der Waals surface area contributed by atoms with Crippen LogP contribution in [0, 0.1) is 5.92 Å². The van der Waals surface area contributed by atoms with Crippen molar-refractivity contribution in [2.45, 2.75) is 19.4 Å². The van der Waals surface area contributed by atoms with E-state index in [1.165, 1.54) is 5.56 Å². The first-order valence-electron chi connectivity index (χ1n) is 10.3. The molecule has 1 aliphatic rings. The first-order valence-corrected chi connectivity index (χ1v) is 10.6. The Balaban J connectivity index is 1.33. The third kappa shape index (κ3) is 5.41. The Labute approximate surface area is 182 Å². The number of nitrogens with zero attached hydrogens (tertiary/aromatic N) is 1. The van der Waals surface area contributed by atoms with Crippen molar-refractivity contribution >= 4 is 23.2 Å². The summed E-state index contributed by atoms with van der Waals surface area (Å²) in [5, 5.41) is 3.83. The maximum atomic E-state index is 12.9. The minimum absolute atomic E-state index is 0.00499. The second-order valence-corrected chi connectivity index (χ2v) is 8.02. The molecule has 1 N–H and O–H groups in total. The molecule has 4 rings (SSSR count). The summed E-state index contributed by atoms with van der Waals surface area (Å²) in [4.78, 5) is 15.3. The monoisotopic (exact) mass is 420 g/mol. The Bertz CT molecular complexity index is 985. The topological polar surface area (TPSA) is 41.6 Å². The fourth-order valence-electron chi connectivity index (χ4n) is 3.76. The van der Waals surface area contributed by atoms with Crippen molar-refractivity contribution in [2.24, 2.45) is 5.92 Å². The summed E-state index contributed by atoms with van der Waals surface area (Å²) >= 11 is 6.09. The lowest BCUT2D eigenvalue weighted by Crippen LogP contribution is -2.37. The van der Waals surface area contributed by atoms with Crippen LogP contribution in [0.25, 0.3) is 0 Å². The van der Waals surface area contributed by atoms with Gasteiger partial charge in [-0.15, -0.1) is 0 Å². The second kappa shape index (κ2) is 9.79. The number of para-hydroxylation sites is 3. The quantitative estimate of drug-likeness (QED) is 0.533. The molecule has 1 heterocycles. The Hall–Kier alpha value is -2.82. The van der Waals surface area contributed by atoms with Crippen LogP contribution in [0.5, 0.6) is 11.5 Å². The predicted octanol–water partition coefficient (Wildman–Crippen LogP) is 5.98. The highest BCUT2D eigenvalue weighted by Gasteiger charge is 2.25. The summed E-state index contributed by atoms with van der Waals surface area (Å²) in [5.41, 5.74) is 1.91. The SMILES string of the molecule is O=C(Nc1ccccc1Oc1ccccc1)C1CCN(Cc2cccc(Cl)c2)CC1. The maximum absolute atomic E-state index is 12.9. The number of rotatable bonds is 6. The van der Waals surface area contributed by atoms with Gasteiger partial charge in [0.05, 0.1) is 5.69 Å². The largest absolute Gasteiger partial charge is 0.455 e. The molecule has 0 aliphatic carbocycles. The fraction of sp³-hybridized carbons (Fsp3) is 0.240. The molecule has 0 unspecified atom stereocenters. The van der Waals surface area contributed by atoms with Crippen molar-refractivity contribution in [1.29, 1.82) is 0 Å². The van der Waals surface area contributed by atoms with E-state index >= 15 is 0 Å². The van der Waals surface area contributed by atoms with Gasteiger partial charge < -0.3 is 10.1 Å². The van der Waals surface area contributed by atoms with Gasteiger partial charge in [0.15, 0.2) is 5.75 Å². The number of benzene rings is 3. The van der Waals surface area contributed by atoms with E-state index in [0.29, 0.717) is 11.4 Å². The molecule has 3 aromatic carbocycles. The van der Waals surface area contributed by atoms with Crippen LogP contribution in [0.3, 0.4) is 0 Å². The number of halogens is 1. The lowest BCUT2D eigenvalue weighted by molar-refractivity contribution is -0.121. The van der Waals surface area contributed by atoms with Crippen LogP contribution >= 0.6 is 11.6 Å². The molecular weight excluding hydrogens is 396 g/mol. The summed E-state index contributed by atoms with van der Waals surface area (Å²) in [6.45, 7) is 2.65. The molecule has 4 nitrogen and oxygen atoms in total. The van der Waals surface area contributed by atoms with Crippen LogP contribution in [0.4, 0.5) is 5.69 Å². The van der Waals surface area contributed by atoms with E-state index in [0.717, 1.165) is 43.2 Å². The summed E-state index contributed by atoms with van der Waals surface area (Å²) in [6, 6.07) is 25.1. The lowest BCUT2D eigenvalue weighted by Gasteiger charge is -2.31. The Kier molecular flexibility index (Phi) is 6.67. The van der Waals surface area contributed by atoms with Crippen molar-refractivity contribution in [3.05, 3.63) is 89.4 Å². The molecule has 30 heavy (non-hydrogen) atoms. The number of hydrogen-bond acceptors (Lipinski definition) is 3. The number of carbonyl (C=O) groups excluding carboxylic acids is 1. The van der Waals surface area contributed by atoms with Gasteiger partial charge in [0, 0.05) is 17.5 Å². The van der Waals surface area contributed by atoms with Gasteiger partial charge >= 0.3 is 0 Å². The van der Waals surface area contributed by atoms with Crippen molar-refractivity contribution < 1.29 is 9.53 Å². The summed E-state index contributed by atoms with van der Waals surface area (Å²) < 4.78 is 5.96. The van der Waals surface area contributed by atoms with E-state index < -0.39 is 0 Å². The molecule has 0 atom stereocenters. The van der Waals surface area contributed by atoms with Crippen LogP contribution in [0.15, 0.2) is 78.9 Å². The minimum atomic E-state index is 0.00499. The summed E-state index contributed by atoms with van der Waals surface area (Å²) in [5.74, 6) is 1.45.